The molecule has 1 saturated carbocycles. The van der Waals surface area contributed by atoms with Crippen LogP contribution in [0, 0.1) is 23.7 Å². The van der Waals surface area contributed by atoms with Gasteiger partial charge in [-0.3, -0.25) is 14.4 Å². The Bertz CT molecular complexity index is 540. The van der Waals surface area contributed by atoms with Crippen LogP contribution in [0.4, 0.5) is 0 Å². The summed E-state index contributed by atoms with van der Waals surface area (Å²) in [5, 5.41) is 18.3. The first-order valence-electron chi connectivity index (χ1n) is 9.89. The van der Waals surface area contributed by atoms with Crippen molar-refractivity contribution in [2.45, 2.75) is 44.9 Å². The van der Waals surface area contributed by atoms with Gasteiger partial charge in [0.15, 0.2) is 0 Å². The molecule has 0 radical (unpaired) electrons. The molecule has 146 valence electrons. The normalized spacial score (nSPS) is 28.1. The van der Waals surface area contributed by atoms with Crippen molar-refractivity contribution in [3.8, 4) is 0 Å². The van der Waals surface area contributed by atoms with Crippen molar-refractivity contribution in [3.05, 3.63) is 0 Å². The highest BCUT2D eigenvalue weighted by Gasteiger charge is 2.38. The topological polar surface area (TPSA) is 98.2 Å². The Labute approximate surface area is 154 Å². The lowest BCUT2D eigenvalue weighted by Gasteiger charge is -2.39. The fourth-order valence-electron chi connectivity index (χ4n) is 4.44. The first kappa shape index (κ1) is 19.1. The highest BCUT2D eigenvalue weighted by molar-refractivity contribution is 5.81. The smallest absolute Gasteiger partial charge is 0.306 e. The maximum Gasteiger partial charge on any atom is 0.306 e. The van der Waals surface area contributed by atoms with E-state index in [1.54, 1.807) is 0 Å². The average molecular weight is 366 g/mol. The molecule has 2 saturated heterocycles. The van der Waals surface area contributed by atoms with Crippen LogP contribution in [0.2, 0.25) is 0 Å². The molecule has 1 aliphatic carbocycles. The molecule has 3 rings (SSSR count). The molecule has 7 heteroatoms. The molecule has 2 aliphatic heterocycles. The maximum absolute atomic E-state index is 12.4. The molecule has 0 aromatic rings. The third-order valence-corrected chi connectivity index (χ3v) is 6.32. The number of hydrogen-bond donors (Lipinski definition) is 2. The number of amides is 1. The fourth-order valence-corrected chi connectivity index (χ4v) is 4.44. The van der Waals surface area contributed by atoms with Crippen LogP contribution >= 0.6 is 0 Å². The SMILES string of the molecule is O=C(O)CC1CCN(C(=O)C2CC2)CC1CCN1CCC(C(=O)O)CC1. The molecule has 26 heavy (non-hydrogen) atoms. The average Bonchev–Trinajstić information content (AvgIpc) is 3.45. The van der Waals surface area contributed by atoms with Crippen LogP contribution in [0.15, 0.2) is 0 Å². The Hall–Kier alpha value is -1.63. The second kappa shape index (κ2) is 8.37. The fraction of sp³-hybridized carbons (Fsp3) is 0.842. The highest BCUT2D eigenvalue weighted by Crippen LogP contribution is 2.35. The van der Waals surface area contributed by atoms with Crippen molar-refractivity contribution in [3.63, 3.8) is 0 Å². The van der Waals surface area contributed by atoms with E-state index in [1.165, 1.54) is 0 Å². The third-order valence-electron chi connectivity index (χ3n) is 6.32. The Morgan fingerprint density at radius 2 is 1.54 bits per heavy atom. The van der Waals surface area contributed by atoms with E-state index in [0.29, 0.717) is 25.9 Å². The lowest BCUT2D eigenvalue weighted by atomic mass is 9.80. The van der Waals surface area contributed by atoms with Crippen LogP contribution < -0.4 is 0 Å². The van der Waals surface area contributed by atoms with E-state index >= 15 is 0 Å². The maximum atomic E-state index is 12.4. The summed E-state index contributed by atoms with van der Waals surface area (Å²) in [6.45, 7) is 3.81. The molecule has 1 amide bonds. The quantitative estimate of drug-likeness (QED) is 0.709. The number of carbonyl (C=O) groups excluding carboxylic acids is 1. The lowest BCUT2D eigenvalue weighted by molar-refractivity contribution is -0.143. The van der Waals surface area contributed by atoms with E-state index in [-0.39, 0.29) is 36.0 Å². The summed E-state index contributed by atoms with van der Waals surface area (Å²) in [5.74, 6) is -0.871. The number of likely N-dealkylation sites (tertiary alicyclic amines) is 2. The van der Waals surface area contributed by atoms with Gasteiger partial charge in [-0.1, -0.05) is 0 Å². The summed E-state index contributed by atoms with van der Waals surface area (Å²) in [5.41, 5.74) is 0. The van der Waals surface area contributed by atoms with E-state index in [2.05, 4.69) is 4.90 Å². The van der Waals surface area contributed by atoms with Crippen molar-refractivity contribution < 1.29 is 24.6 Å². The minimum Gasteiger partial charge on any atom is -0.481 e. The summed E-state index contributed by atoms with van der Waals surface area (Å²) in [6, 6.07) is 0. The van der Waals surface area contributed by atoms with Crippen LogP contribution in [0.1, 0.15) is 44.9 Å². The van der Waals surface area contributed by atoms with Gasteiger partial charge in [0.05, 0.1) is 5.92 Å². The van der Waals surface area contributed by atoms with Crippen molar-refractivity contribution in [2.75, 3.05) is 32.7 Å². The van der Waals surface area contributed by atoms with Crippen molar-refractivity contribution in [1.82, 2.24) is 9.80 Å². The second-order valence-corrected chi connectivity index (χ2v) is 8.21. The molecule has 0 bridgehead atoms. The number of carboxylic acid groups (broad SMARTS) is 2. The predicted octanol–water partition coefficient (Wildman–Crippen LogP) is 1.52. The number of nitrogens with zero attached hydrogens (tertiary/aromatic N) is 2. The van der Waals surface area contributed by atoms with E-state index in [9.17, 15) is 19.5 Å². The number of aliphatic carboxylic acids is 2. The Kier molecular flexibility index (Phi) is 6.16. The van der Waals surface area contributed by atoms with Crippen LogP contribution in [-0.4, -0.2) is 70.6 Å². The number of piperidine rings is 2. The molecule has 2 heterocycles. The molecule has 2 unspecified atom stereocenters. The highest BCUT2D eigenvalue weighted by atomic mass is 16.4. The van der Waals surface area contributed by atoms with Crippen LogP contribution in [0.5, 0.6) is 0 Å². The van der Waals surface area contributed by atoms with Crippen LogP contribution in [-0.2, 0) is 14.4 Å². The number of rotatable bonds is 7. The van der Waals surface area contributed by atoms with Gasteiger partial charge in [-0.25, -0.2) is 0 Å². The molecular formula is C19H30N2O5. The lowest BCUT2D eigenvalue weighted by Crippen LogP contribution is -2.46. The van der Waals surface area contributed by atoms with Gasteiger partial charge in [-0.15, -0.1) is 0 Å². The Balaban J connectivity index is 1.52. The van der Waals surface area contributed by atoms with Gasteiger partial charge in [0.25, 0.3) is 0 Å². The first-order valence-corrected chi connectivity index (χ1v) is 9.89. The molecule has 0 aromatic heterocycles. The van der Waals surface area contributed by atoms with E-state index in [1.807, 2.05) is 4.90 Å². The van der Waals surface area contributed by atoms with Gasteiger partial charge in [0.2, 0.25) is 5.91 Å². The van der Waals surface area contributed by atoms with Crippen LogP contribution in [0.25, 0.3) is 0 Å². The summed E-state index contributed by atoms with van der Waals surface area (Å²) in [6.07, 6.45) is 5.20. The van der Waals surface area contributed by atoms with Gasteiger partial charge in [-0.05, 0) is 70.0 Å². The van der Waals surface area contributed by atoms with Gasteiger partial charge in [0, 0.05) is 25.4 Å². The predicted molar refractivity (Wildman–Crippen MR) is 94.6 cm³/mol. The van der Waals surface area contributed by atoms with Gasteiger partial charge in [-0.2, -0.15) is 0 Å². The molecular weight excluding hydrogens is 336 g/mol. The van der Waals surface area contributed by atoms with Gasteiger partial charge < -0.3 is 20.0 Å². The summed E-state index contributed by atoms with van der Waals surface area (Å²) in [7, 11) is 0. The van der Waals surface area contributed by atoms with Crippen LogP contribution in [0.3, 0.4) is 0 Å². The van der Waals surface area contributed by atoms with E-state index in [4.69, 9.17) is 5.11 Å². The summed E-state index contributed by atoms with van der Waals surface area (Å²) in [4.78, 5) is 38.9. The first-order chi connectivity index (χ1) is 12.4. The van der Waals surface area contributed by atoms with Crippen molar-refractivity contribution in [1.29, 1.82) is 0 Å². The Morgan fingerprint density at radius 3 is 2.12 bits per heavy atom. The molecule has 0 spiro atoms. The molecule has 0 aromatic carbocycles. The van der Waals surface area contributed by atoms with Crippen molar-refractivity contribution in [2.24, 2.45) is 23.7 Å². The van der Waals surface area contributed by atoms with Gasteiger partial charge >= 0.3 is 11.9 Å². The number of carbonyl (C=O) groups is 3. The number of carboxylic acids is 2. The molecule has 2 atom stereocenters. The minimum atomic E-state index is -0.760. The molecule has 2 N–H and O–H groups in total. The minimum absolute atomic E-state index is 0.132. The zero-order valence-corrected chi connectivity index (χ0v) is 15.3. The van der Waals surface area contributed by atoms with E-state index < -0.39 is 11.9 Å². The summed E-state index contributed by atoms with van der Waals surface area (Å²) >= 11 is 0. The molecule has 7 nitrogen and oxygen atoms in total. The van der Waals surface area contributed by atoms with Gasteiger partial charge in [0.1, 0.15) is 0 Å². The third kappa shape index (κ3) is 4.96. The monoisotopic (exact) mass is 366 g/mol. The standard InChI is InChI=1S/C19H30N2O5/c22-17(23)11-15-6-10-21(18(24)13-1-2-13)12-16(15)5-9-20-7-3-14(4-8-20)19(25)26/h13-16H,1-12H2,(H,22,23)(H,25,26). The Morgan fingerprint density at radius 1 is 0.846 bits per heavy atom. The number of hydrogen-bond acceptors (Lipinski definition) is 4. The molecule has 3 fully saturated rings. The second-order valence-electron chi connectivity index (χ2n) is 8.21. The van der Waals surface area contributed by atoms with E-state index in [0.717, 1.165) is 45.3 Å². The van der Waals surface area contributed by atoms with Crippen molar-refractivity contribution >= 4 is 17.8 Å². The zero-order chi connectivity index (χ0) is 18.7. The summed E-state index contributed by atoms with van der Waals surface area (Å²) < 4.78 is 0. The zero-order valence-electron chi connectivity index (χ0n) is 15.3. The molecule has 3 aliphatic rings. The largest absolute Gasteiger partial charge is 0.481 e.